The molecule has 0 atom stereocenters. The molecule has 0 spiro atoms. The van der Waals surface area contributed by atoms with Crippen LogP contribution in [0.15, 0.2) is 63.3 Å². The van der Waals surface area contributed by atoms with Crippen LogP contribution in [0.4, 0.5) is 0 Å². The van der Waals surface area contributed by atoms with Crippen LogP contribution in [0.3, 0.4) is 0 Å². The zero-order chi connectivity index (χ0) is 22.3. The van der Waals surface area contributed by atoms with Crippen LogP contribution < -0.4 is 5.43 Å². The fraction of sp³-hybridized carbons (Fsp3) is 0.304. The van der Waals surface area contributed by atoms with E-state index < -0.39 is 0 Å². The molecule has 3 aromatic rings. The summed E-state index contributed by atoms with van der Waals surface area (Å²) in [6.45, 7) is 0. The van der Waals surface area contributed by atoms with Crippen molar-refractivity contribution in [1.29, 1.82) is 0 Å². The van der Waals surface area contributed by atoms with E-state index in [1.165, 1.54) is 31.0 Å². The third-order valence-electron chi connectivity index (χ3n) is 5.34. The van der Waals surface area contributed by atoms with Crippen molar-refractivity contribution in [2.24, 2.45) is 5.10 Å². The number of aromatic nitrogens is 3. The molecule has 1 aliphatic carbocycles. The van der Waals surface area contributed by atoms with Crippen molar-refractivity contribution in [3.63, 3.8) is 0 Å². The van der Waals surface area contributed by atoms with Crippen molar-refractivity contribution in [2.45, 2.75) is 43.3 Å². The third kappa shape index (κ3) is 5.79. The van der Waals surface area contributed by atoms with E-state index in [-0.39, 0.29) is 11.7 Å². The molecule has 1 aliphatic rings. The van der Waals surface area contributed by atoms with Crippen molar-refractivity contribution in [3.8, 4) is 11.4 Å². The fourth-order valence-corrected chi connectivity index (χ4v) is 5.07. The highest BCUT2D eigenvalue weighted by Crippen LogP contribution is 2.35. The second-order valence-electron chi connectivity index (χ2n) is 7.58. The summed E-state index contributed by atoms with van der Waals surface area (Å²) in [7, 11) is 0. The molecule has 0 bridgehead atoms. The Kier molecular flexibility index (Phi) is 8.00. The predicted octanol–water partition coefficient (Wildman–Crippen LogP) is 6.11. The standard InChI is InChI=1S/C23H23BrClN5OS/c24-20-9-5-4-6-17(20)14-26-27-21(31)15-32-23-29-28-22(16-10-12-18(25)13-11-16)30(23)19-7-2-1-3-8-19/h4-6,9-14,19H,1-3,7-8,15H2,(H,27,31). The highest BCUT2D eigenvalue weighted by Gasteiger charge is 2.24. The first kappa shape index (κ1) is 23.0. The Balaban J connectivity index is 1.46. The topological polar surface area (TPSA) is 72.2 Å². The average molecular weight is 533 g/mol. The summed E-state index contributed by atoms with van der Waals surface area (Å²) in [6, 6.07) is 15.7. The third-order valence-corrected chi connectivity index (χ3v) is 7.25. The Morgan fingerprint density at radius 2 is 1.91 bits per heavy atom. The number of hydrazone groups is 1. The van der Waals surface area contributed by atoms with Gasteiger partial charge >= 0.3 is 0 Å². The highest BCUT2D eigenvalue weighted by molar-refractivity contribution is 9.10. The number of thioether (sulfide) groups is 1. The Hall–Kier alpha value is -2.16. The van der Waals surface area contributed by atoms with E-state index in [0.717, 1.165) is 39.4 Å². The molecule has 32 heavy (non-hydrogen) atoms. The van der Waals surface area contributed by atoms with Gasteiger partial charge in [0.1, 0.15) is 0 Å². The van der Waals surface area contributed by atoms with Gasteiger partial charge in [0, 0.05) is 26.7 Å². The molecule has 0 radical (unpaired) electrons. The number of amides is 1. The van der Waals surface area contributed by atoms with E-state index in [1.54, 1.807) is 6.21 Å². The largest absolute Gasteiger partial charge is 0.299 e. The molecule has 1 fully saturated rings. The van der Waals surface area contributed by atoms with Gasteiger partial charge in [0.15, 0.2) is 11.0 Å². The number of halogens is 2. The van der Waals surface area contributed by atoms with Crippen molar-refractivity contribution in [1.82, 2.24) is 20.2 Å². The number of hydrogen-bond acceptors (Lipinski definition) is 5. The SMILES string of the molecule is O=C(CSc1nnc(-c2ccc(Cl)cc2)n1C1CCCCC1)NN=Cc1ccccc1Br. The minimum absolute atomic E-state index is 0.190. The van der Waals surface area contributed by atoms with Crippen LogP contribution in [0.1, 0.15) is 43.7 Å². The van der Waals surface area contributed by atoms with Crippen molar-refractivity contribution >= 4 is 51.4 Å². The smallest absolute Gasteiger partial charge is 0.250 e. The molecule has 1 saturated carbocycles. The molecule has 0 aliphatic heterocycles. The normalized spacial score (nSPS) is 14.7. The maximum atomic E-state index is 12.4. The van der Waals surface area contributed by atoms with Gasteiger partial charge in [0.2, 0.25) is 0 Å². The van der Waals surface area contributed by atoms with Crippen LogP contribution in [0.25, 0.3) is 11.4 Å². The van der Waals surface area contributed by atoms with E-state index in [2.05, 4.69) is 41.2 Å². The number of hydrogen-bond donors (Lipinski definition) is 1. The lowest BCUT2D eigenvalue weighted by atomic mass is 9.95. The van der Waals surface area contributed by atoms with Gasteiger partial charge in [-0.2, -0.15) is 5.10 Å². The molecule has 9 heteroatoms. The van der Waals surface area contributed by atoms with Crippen LogP contribution in [0.2, 0.25) is 5.02 Å². The molecule has 0 unspecified atom stereocenters. The molecule has 4 rings (SSSR count). The fourth-order valence-electron chi connectivity index (χ4n) is 3.76. The Morgan fingerprint density at radius 3 is 2.66 bits per heavy atom. The van der Waals surface area contributed by atoms with Crippen LogP contribution in [-0.4, -0.2) is 32.6 Å². The first-order valence-corrected chi connectivity index (χ1v) is 12.7. The van der Waals surface area contributed by atoms with Crippen LogP contribution in [0.5, 0.6) is 0 Å². The molecule has 2 aromatic carbocycles. The number of carbonyl (C=O) groups is 1. The summed E-state index contributed by atoms with van der Waals surface area (Å²) >= 11 is 10.9. The minimum atomic E-state index is -0.190. The Labute approximate surface area is 205 Å². The molecule has 1 amide bonds. The summed E-state index contributed by atoms with van der Waals surface area (Å²) in [5.41, 5.74) is 4.46. The molecule has 6 nitrogen and oxygen atoms in total. The second-order valence-corrected chi connectivity index (χ2v) is 9.81. The van der Waals surface area contributed by atoms with Gasteiger partial charge in [0.05, 0.1) is 12.0 Å². The predicted molar refractivity (Wildman–Crippen MR) is 133 cm³/mol. The summed E-state index contributed by atoms with van der Waals surface area (Å²) in [6.07, 6.45) is 7.45. The second kappa shape index (κ2) is 11.1. The van der Waals surface area contributed by atoms with Gasteiger partial charge in [-0.3, -0.25) is 9.36 Å². The molecule has 1 N–H and O–H groups in total. The first-order valence-electron chi connectivity index (χ1n) is 10.5. The van der Waals surface area contributed by atoms with E-state index in [4.69, 9.17) is 11.6 Å². The van der Waals surface area contributed by atoms with Crippen molar-refractivity contribution in [2.75, 3.05) is 5.75 Å². The number of nitrogens with zero attached hydrogens (tertiary/aromatic N) is 4. The van der Waals surface area contributed by atoms with E-state index in [9.17, 15) is 4.79 Å². The average Bonchev–Trinajstić information content (AvgIpc) is 3.24. The van der Waals surface area contributed by atoms with Crippen LogP contribution >= 0.6 is 39.3 Å². The summed E-state index contributed by atoms with van der Waals surface area (Å²) in [4.78, 5) is 12.4. The highest BCUT2D eigenvalue weighted by atomic mass is 79.9. The van der Waals surface area contributed by atoms with Crippen molar-refractivity contribution in [3.05, 3.63) is 63.6 Å². The van der Waals surface area contributed by atoms with Gasteiger partial charge in [-0.25, -0.2) is 5.43 Å². The molecule has 1 heterocycles. The minimum Gasteiger partial charge on any atom is -0.299 e. The molecule has 0 saturated heterocycles. The zero-order valence-electron chi connectivity index (χ0n) is 17.4. The van der Waals surface area contributed by atoms with E-state index in [1.807, 2.05) is 48.5 Å². The summed E-state index contributed by atoms with van der Waals surface area (Å²) < 4.78 is 3.12. The Morgan fingerprint density at radius 1 is 1.16 bits per heavy atom. The number of rotatable bonds is 7. The summed E-state index contributed by atoms with van der Waals surface area (Å²) in [5.74, 6) is 0.839. The maximum Gasteiger partial charge on any atom is 0.250 e. The van der Waals surface area contributed by atoms with Crippen LogP contribution in [0, 0.1) is 0 Å². The summed E-state index contributed by atoms with van der Waals surface area (Å²) in [5, 5.41) is 14.4. The molecular formula is C23H23BrClN5OS. The van der Waals surface area contributed by atoms with Crippen molar-refractivity contribution < 1.29 is 4.79 Å². The van der Waals surface area contributed by atoms with E-state index in [0.29, 0.717) is 11.1 Å². The van der Waals surface area contributed by atoms with Gasteiger partial charge in [-0.15, -0.1) is 10.2 Å². The molecule has 166 valence electrons. The quantitative estimate of drug-likeness (QED) is 0.226. The van der Waals surface area contributed by atoms with Gasteiger partial charge in [0.25, 0.3) is 5.91 Å². The van der Waals surface area contributed by atoms with E-state index >= 15 is 0 Å². The van der Waals surface area contributed by atoms with Gasteiger partial charge < -0.3 is 0 Å². The lowest BCUT2D eigenvalue weighted by Crippen LogP contribution is -2.20. The zero-order valence-corrected chi connectivity index (χ0v) is 20.5. The lowest BCUT2D eigenvalue weighted by Gasteiger charge is -2.25. The first-order chi connectivity index (χ1) is 15.6. The van der Waals surface area contributed by atoms with Gasteiger partial charge in [-0.05, 0) is 43.2 Å². The number of benzene rings is 2. The monoisotopic (exact) mass is 531 g/mol. The molecular weight excluding hydrogens is 510 g/mol. The van der Waals surface area contributed by atoms with Gasteiger partial charge in [-0.1, -0.05) is 76.8 Å². The number of carbonyl (C=O) groups excluding carboxylic acids is 1. The molecule has 1 aromatic heterocycles. The lowest BCUT2D eigenvalue weighted by molar-refractivity contribution is -0.118. The maximum absolute atomic E-state index is 12.4. The Bertz CT molecular complexity index is 1100. The number of nitrogens with one attached hydrogen (secondary N) is 1. The van der Waals surface area contributed by atoms with Crippen LogP contribution in [-0.2, 0) is 4.79 Å².